The number of benzene rings is 1. The maximum Gasteiger partial charge on any atom is 0.238 e. The topological polar surface area (TPSA) is 41.6 Å². The largest absolute Gasteiger partial charge is 0.496 e. The Morgan fingerprint density at radius 3 is 2.69 bits per heavy atom. The molecule has 5 heteroatoms. The molecule has 0 fully saturated rings. The molecular weight excluding hydrogens is 272 g/mol. The zero-order valence-electron chi connectivity index (χ0n) is 9.58. The number of hydrazine groups is 1. The number of carbonyl (C=O) groups excluding carboxylic acids is 1. The van der Waals surface area contributed by atoms with E-state index in [0.717, 1.165) is 15.8 Å². The fraction of sp³-hybridized carbons (Fsp3) is 0.364. The molecule has 0 aromatic heterocycles. The van der Waals surface area contributed by atoms with Crippen LogP contribution in [0.2, 0.25) is 0 Å². The van der Waals surface area contributed by atoms with E-state index in [9.17, 15) is 4.79 Å². The van der Waals surface area contributed by atoms with Crippen molar-refractivity contribution in [2.45, 2.75) is 6.42 Å². The summed E-state index contributed by atoms with van der Waals surface area (Å²) in [7, 11) is 5.17. The van der Waals surface area contributed by atoms with Gasteiger partial charge in [-0.25, -0.2) is 5.01 Å². The highest BCUT2D eigenvalue weighted by atomic mass is 79.9. The van der Waals surface area contributed by atoms with Crippen molar-refractivity contribution in [3.05, 3.63) is 28.2 Å². The van der Waals surface area contributed by atoms with Crippen LogP contribution in [0.15, 0.2) is 22.7 Å². The summed E-state index contributed by atoms with van der Waals surface area (Å²) in [6, 6.07) is 5.59. The van der Waals surface area contributed by atoms with Gasteiger partial charge in [0.15, 0.2) is 0 Å². The van der Waals surface area contributed by atoms with E-state index < -0.39 is 0 Å². The van der Waals surface area contributed by atoms with Gasteiger partial charge in [0.25, 0.3) is 0 Å². The van der Waals surface area contributed by atoms with Crippen LogP contribution in [0, 0.1) is 0 Å². The normalized spacial score (nSPS) is 10.3. The lowest BCUT2D eigenvalue weighted by Gasteiger charge is -2.12. The van der Waals surface area contributed by atoms with Crippen molar-refractivity contribution in [2.24, 2.45) is 0 Å². The molecule has 0 bridgehead atoms. The van der Waals surface area contributed by atoms with E-state index in [-0.39, 0.29) is 5.91 Å². The van der Waals surface area contributed by atoms with Gasteiger partial charge in [-0.2, -0.15) is 0 Å². The third-order valence-corrected chi connectivity index (χ3v) is 2.55. The minimum atomic E-state index is -0.0398. The first-order chi connectivity index (χ1) is 7.52. The van der Waals surface area contributed by atoms with Gasteiger partial charge in [-0.1, -0.05) is 6.07 Å². The van der Waals surface area contributed by atoms with Gasteiger partial charge in [-0.3, -0.25) is 10.2 Å². The van der Waals surface area contributed by atoms with Crippen LogP contribution in [0.1, 0.15) is 5.56 Å². The molecule has 1 aromatic rings. The molecule has 1 aromatic carbocycles. The van der Waals surface area contributed by atoms with Crippen molar-refractivity contribution in [3.63, 3.8) is 0 Å². The number of ether oxygens (including phenoxy) is 1. The Morgan fingerprint density at radius 2 is 2.19 bits per heavy atom. The SMILES string of the molecule is COc1ccc(CC(=O)NN(C)C)cc1Br. The van der Waals surface area contributed by atoms with Crippen molar-refractivity contribution < 1.29 is 9.53 Å². The predicted octanol–water partition coefficient (Wildman–Crippen LogP) is 1.59. The molecular formula is C11H15BrN2O2. The number of methoxy groups -OCH3 is 1. The molecule has 88 valence electrons. The molecule has 0 radical (unpaired) electrons. The van der Waals surface area contributed by atoms with Crippen LogP contribution in [-0.4, -0.2) is 32.1 Å². The highest BCUT2D eigenvalue weighted by molar-refractivity contribution is 9.10. The Hall–Kier alpha value is -1.07. The molecule has 0 atom stereocenters. The van der Waals surface area contributed by atoms with Gasteiger partial charge in [-0.15, -0.1) is 0 Å². The van der Waals surface area contributed by atoms with E-state index >= 15 is 0 Å². The third kappa shape index (κ3) is 3.83. The lowest BCUT2D eigenvalue weighted by molar-refractivity contribution is -0.124. The number of rotatable bonds is 4. The van der Waals surface area contributed by atoms with Gasteiger partial charge >= 0.3 is 0 Å². The number of hydrogen-bond acceptors (Lipinski definition) is 3. The summed E-state index contributed by atoms with van der Waals surface area (Å²) in [6.07, 6.45) is 0.348. The van der Waals surface area contributed by atoms with Gasteiger partial charge in [0.1, 0.15) is 5.75 Å². The molecule has 4 nitrogen and oxygen atoms in total. The molecule has 0 aliphatic heterocycles. The van der Waals surface area contributed by atoms with Crippen molar-refractivity contribution in [3.8, 4) is 5.75 Å². The minimum Gasteiger partial charge on any atom is -0.496 e. The molecule has 0 saturated carbocycles. The van der Waals surface area contributed by atoms with E-state index in [4.69, 9.17) is 4.74 Å². The maximum absolute atomic E-state index is 11.5. The average molecular weight is 287 g/mol. The number of hydrogen-bond donors (Lipinski definition) is 1. The molecule has 1 N–H and O–H groups in total. The summed E-state index contributed by atoms with van der Waals surface area (Å²) in [5.41, 5.74) is 3.62. The second-order valence-electron chi connectivity index (χ2n) is 3.58. The molecule has 0 aliphatic rings. The summed E-state index contributed by atoms with van der Waals surface area (Å²) >= 11 is 3.38. The summed E-state index contributed by atoms with van der Waals surface area (Å²) in [5.74, 6) is 0.721. The van der Waals surface area contributed by atoms with Crippen molar-refractivity contribution in [1.29, 1.82) is 0 Å². The number of halogens is 1. The summed E-state index contributed by atoms with van der Waals surface area (Å²) in [5, 5.41) is 1.63. The zero-order chi connectivity index (χ0) is 12.1. The quantitative estimate of drug-likeness (QED) is 0.855. The number of nitrogens with one attached hydrogen (secondary N) is 1. The van der Waals surface area contributed by atoms with Crippen molar-refractivity contribution in [1.82, 2.24) is 10.4 Å². The van der Waals surface area contributed by atoms with Gasteiger partial charge in [0.05, 0.1) is 18.0 Å². The molecule has 0 unspecified atom stereocenters. The molecule has 0 spiro atoms. The second kappa shape index (κ2) is 5.86. The van der Waals surface area contributed by atoms with Crippen LogP contribution < -0.4 is 10.2 Å². The first-order valence-electron chi connectivity index (χ1n) is 4.82. The monoisotopic (exact) mass is 286 g/mol. The van der Waals surface area contributed by atoms with Crippen molar-refractivity contribution >= 4 is 21.8 Å². The molecule has 16 heavy (non-hydrogen) atoms. The Morgan fingerprint density at radius 1 is 1.50 bits per heavy atom. The summed E-state index contributed by atoms with van der Waals surface area (Å²) in [4.78, 5) is 11.5. The fourth-order valence-electron chi connectivity index (χ4n) is 1.29. The van der Waals surface area contributed by atoms with E-state index in [1.54, 1.807) is 26.2 Å². The number of amides is 1. The second-order valence-corrected chi connectivity index (χ2v) is 4.43. The molecule has 0 heterocycles. The van der Waals surface area contributed by atoms with Crippen LogP contribution >= 0.6 is 15.9 Å². The first kappa shape index (κ1) is 13.0. The highest BCUT2D eigenvalue weighted by Gasteiger charge is 2.06. The van der Waals surface area contributed by atoms with E-state index in [1.807, 2.05) is 18.2 Å². The van der Waals surface area contributed by atoms with Crippen LogP contribution in [0.25, 0.3) is 0 Å². The molecule has 1 amide bonds. The smallest absolute Gasteiger partial charge is 0.238 e. The van der Waals surface area contributed by atoms with Crippen LogP contribution in [0.4, 0.5) is 0 Å². The molecule has 1 rings (SSSR count). The Labute approximate surface area is 104 Å². The molecule has 0 aliphatic carbocycles. The van der Waals surface area contributed by atoms with Crippen LogP contribution in [0.5, 0.6) is 5.75 Å². The Kier molecular flexibility index (Phi) is 4.76. The number of nitrogens with zero attached hydrogens (tertiary/aromatic N) is 1. The standard InChI is InChI=1S/C11H15BrN2O2/c1-14(2)13-11(15)7-8-4-5-10(16-3)9(12)6-8/h4-6H,7H2,1-3H3,(H,13,15). The maximum atomic E-state index is 11.5. The fourth-order valence-corrected chi connectivity index (χ4v) is 1.88. The van der Waals surface area contributed by atoms with Gasteiger partial charge in [0, 0.05) is 14.1 Å². The molecule has 0 saturated heterocycles. The minimum absolute atomic E-state index is 0.0398. The van der Waals surface area contributed by atoms with E-state index in [0.29, 0.717) is 6.42 Å². The van der Waals surface area contributed by atoms with Gasteiger partial charge < -0.3 is 4.74 Å². The van der Waals surface area contributed by atoms with Crippen molar-refractivity contribution in [2.75, 3.05) is 21.2 Å². The van der Waals surface area contributed by atoms with Gasteiger partial charge in [-0.05, 0) is 33.6 Å². The van der Waals surface area contributed by atoms with Gasteiger partial charge in [0.2, 0.25) is 5.91 Å². The third-order valence-electron chi connectivity index (χ3n) is 1.93. The Bertz CT molecular complexity index is 380. The first-order valence-corrected chi connectivity index (χ1v) is 5.61. The lowest BCUT2D eigenvalue weighted by atomic mass is 10.1. The van der Waals surface area contributed by atoms with E-state index in [1.165, 1.54) is 0 Å². The average Bonchev–Trinajstić information content (AvgIpc) is 2.16. The zero-order valence-corrected chi connectivity index (χ0v) is 11.2. The highest BCUT2D eigenvalue weighted by Crippen LogP contribution is 2.25. The summed E-state index contributed by atoms with van der Waals surface area (Å²) < 4.78 is 5.97. The van der Waals surface area contributed by atoms with Crippen LogP contribution in [0.3, 0.4) is 0 Å². The number of carbonyl (C=O) groups is 1. The Balaban J connectivity index is 2.68. The lowest BCUT2D eigenvalue weighted by Crippen LogP contribution is -2.37. The van der Waals surface area contributed by atoms with E-state index in [2.05, 4.69) is 21.4 Å². The summed E-state index contributed by atoms with van der Waals surface area (Å²) in [6.45, 7) is 0. The van der Waals surface area contributed by atoms with Crippen LogP contribution in [-0.2, 0) is 11.2 Å². The predicted molar refractivity (Wildman–Crippen MR) is 66.2 cm³/mol.